The lowest BCUT2D eigenvalue weighted by Crippen LogP contribution is -2.10. The molecule has 0 fully saturated rings. The average molecular weight is 515 g/mol. The minimum atomic E-state index is 0.749. The van der Waals surface area contributed by atoms with Crippen molar-refractivity contribution in [2.75, 3.05) is 10.6 Å². The second-order valence-electron chi connectivity index (χ2n) is 9.66. The van der Waals surface area contributed by atoms with Gasteiger partial charge >= 0.3 is 0 Å². The predicted molar refractivity (Wildman–Crippen MR) is 170 cm³/mol. The molecule has 2 N–H and O–H groups in total. The Morgan fingerprint density at radius 3 is 1.02 bits per heavy atom. The SMILES string of the molecule is Nc1ccc(N(c2ccccc2)c2ccc(C(=C(c3ccccc3)c3ccccc3)c3ccccc3)cc2)cc1. The van der Waals surface area contributed by atoms with Crippen molar-refractivity contribution in [3.63, 3.8) is 0 Å². The van der Waals surface area contributed by atoms with Crippen molar-refractivity contribution in [2.24, 2.45) is 0 Å². The molecular formula is C38H30N2. The Balaban J connectivity index is 1.54. The first-order valence-corrected chi connectivity index (χ1v) is 13.5. The van der Waals surface area contributed by atoms with Crippen molar-refractivity contribution >= 4 is 33.9 Å². The van der Waals surface area contributed by atoms with E-state index in [9.17, 15) is 0 Å². The van der Waals surface area contributed by atoms with Gasteiger partial charge in [-0.1, -0.05) is 121 Å². The molecule has 0 aliphatic rings. The molecule has 0 unspecified atom stereocenters. The fourth-order valence-corrected chi connectivity index (χ4v) is 5.15. The minimum Gasteiger partial charge on any atom is -0.399 e. The molecule has 0 aliphatic carbocycles. The molecule has 6 aromatic rings. The number of benzene rings is 6. The van der Waals surface area contributed by atoms with E-state index in [1.165, 1.54) is 27.8 Å². The number of nitrogens with zero attached hydrogens (tertiary/aromatic N) is 1. The minimum absolute atomic E-state index is 0.749. The Labute approximate surface area is 236 Å². The molecule has 0 bridgehead atoms. The summed E-state index contributed by atoms with van der Waals surface area (Å²) in [4.78, 5) is 2.25. The molecule has 0 aliphatic heterocycles. The molecular weight excluding hydrogens is 484 g/mol. The lowest BCUT2D eigenvalue weighted by atomic mass is 9.86. The van der Waals surface area contributed by atoms with E-state index in [-0.39, 0.29) is 0 Å². The highest BCUT2D eigenvalue weighted by atomic mass is 15.1. The molecule has 0 spiro atoms. The van der Waals surface area contributed by atoms with E-state index in [1.807, 2.05) is 18.2 Å². The van der Waals surface area contributed by atoms with E-state index in [0.29, 0.717) is 0 Å². The van der Waals surface area contributed by atoms with Gasteiger partial charge < -0.3 is 10.6 Å². The fourth-order valence-electron chi connectivity index (χ4n) is 5.15. The third-order valence-electron chi connectivity index (χ3n) is 7.02. The van der Waals surface area contributed by atoms with Crippen LogP contribution in [0.2, 0.25) is 0 Å². The summed E-state index contributed by atoms with van der Waals surface area (Å²) in [7, 11) is 0. The van der Waals surface area contributed by atoms with Crippen molar-refractivity contribution in [1.29, 1.82) is 0 Å². The Kier molecular flexibility index (Phi) is 7.23. The third kappa shape index (κ3) is 5.29. The number of nitrogen functional groups attached to an aromatic ring is 1. The fraction of sp³-hybridized carbons (Fsp3) is 0. The van der Waals surface area contributed by atoms with Crippen molar-refractivity contribution in [1.82, 2.24) is 0 Å². The van der Waals surface area contributed by atoms with Crippen LogP contribution in [0.3, 0.4) is 0 Å². The van der Waals surface area contributed by atoms with Crippen LogP contribution in [0, 0.1) is 0 Å². The molecule has 6 aromatic carbocycles. The van der Waals surface area contributed by atoms with Gasteiger partial charge in [-0.3, -0.25) is 0 Å². The maximum atomic E-state index is 6.01. The zero-order valence-corrected chi connectivity index (χ0v) is 22.2. The quantitative estimate of drug-likeness (QED) is 0.170. The number of anilines is 4. The predicted octanol–water partition coefficient (Wildman–Crippen LogP) is 9.75. The van der Waals surface area contributed by atoms with Crippen LogP contribution in [0.15, 0.2) is 170 Å². The van der Waals surface area contributed by atoms with Crippen molar-refractivity contribution in [3.05, 3.63) is 192 Å². The van der Waals surface area contributed by atoms with Gasteiger partial charge in [0, 0.05) is 22.7 Å². The van der Waals surface area contributed by atoms with Gasteiger partial charge in [0.05, 0.1) is 0 Å². The summed E-state index contributed by atoms with van der Waals surface area (Å²) in [6.07, 6.45) is 0. The molecule has 0 heterocycles. The zero-order valence-electron chi connectivity index (χ0n) is 22.2. The van der Waals surface area contributed by atoms with E-state index in [0.717, 1.165) is 28.3 Å². The average Bonchev–Trinajstić information content (AvgIpc) is 3.03. The van der Waals surface area contributed by atoms with E-state index in [2.05, 4.69) is 157 Å². The maximum Gasteiger partial charge on any atom is 0.0463 e. The summed E-state index contributed by atoms with van der Waals surface area (Å²) in [6, 6.07) is 59.3. The lowest BCUT2D eigenvalue weighted by molar-refractivity contribution is 1.28. The van der Waals surface area contributed by atoms with Crippen LogP contribution in [0.4, 0.5) is 22.7 Å². The van der Waals surface area contributed by atoms with Gasteiger partial charge in [-0.15, -0.1) is 0 Å². The Bertz CT molecular complexity index is 1650. The topological polar surface area (TPSA) is 29.3 Å². The number of rotatable bonds is 7. The van der Waals surface area contributed by atoms with Gasteiger partial charge in [0.1, 0.15) is 0 Å². The van der Waals surface area contributed by atoms with Crippen LogP contribution in [0.5, 0.6) is 0 Å². The van der Waals surface area contributed by atoms with Crippen LogP contribution in [0.25, 0.3) is 11.1 Å². The summed E-state index contributed by atoms with van der Waals surface area (Å²) in [5.74, 6) is 0. The molecule has 6 rings (SSSR count). The molecule has 0 atom stereocenters. The van der Waals surface area contributed by atoms with E-state index < -0.39 is 0 Å². The summed E-state index contributed by atoms with van der Waals surface area (Å²) in [5, 5.41) is 0. The summed E-state index contributed by atoms with van der Waals surface area (Å²) in [6.45, 7) is 0. The largest absolute Gasteiger partial charge is 0.399 e. The standard InChI is InChI=1S/C38H30N2/c39-33-23-27-36(28-24-33)40(34-19-11-4-12-20-34)35-25-21-32(22-26-35)38(31-17-9-3-10-18-31)37(29-13-5-1-6-14-29)30-15-7-2-8-16-30/h1-28H,39H2. The zero-order chi connectivity index (χ0) is 27.1. The normalized spacial score (nSPS) is 10.6. The summed E-state index contributed by atoms with van der Waals surface area (Å²) >= 11 is 0. The lowest BCUT2D eigenvalue weighted by Gasteiger charge is -2.26. The van der Waals surface area contributed by atoms with Crippen LogP contribution in [-0.2, 0) is 0 Å². The first kappa shape index (κ1) is 25.0. The van der Waals surface area contributed by atoms with Crippen molar-refractivity contribution in [2.45, 2.75) is 0 Å². The first-order chi connectivity index (χ1) is 19.8. The molecule has 0 saturated carbocycles. The monoisotopic (exact) mass is 514 g/mol. The second-order valence-corrected chi connectivity index (χ2v) is 9.66. The van der Waals surface area contributed by atoms with E-state index in [1.54, 1.807) is 0 Å². The van der Waals surface area contributed by atoms with Gasteiger partial charge in [0.2, 0.25) is 0 Å². The molecule has 192 valence electrons. The van der Waals surface area contributed by atoms with Crippen LogP contribution in [-0.4, -0.2) is 0 Å². The number of nitrogens with two attached hydrogens (primary N) is 1. The van der Waals surface area contributed by atoms with E-state index in [4.69, 9.17) is 5.73 Å². The molecule has 0 amide bonds. The molecule has 2 nitrogen and oxygen atoms in total. The number of hydrogen-bond acceptors (Lipinski definition) is 2. The van der Waals surface area contributed by atoms with E-state index >= 15 is 0 Å². The highest BCUT2D eigenvalue weighted by Crippen LogP contribution is 2.39. The number of para-hydroxylation sites is 1. The van der Waals surface area contributed by atoms with Crippen molar-refractivity contribution in [3.8, 4) is 0 Å². The summed E-state index contributed by atoms with van der Waals surface area (Å²) < 4.78 is 0. The van der Waals surface area contributed by atoms with Gasteiger partial charge in [0.25, 0.3) is 0 Å². The van der Waals surface area contributed by atoms with Gasteiger partial charge in [-0.2, -0.15) is 0 Å². The number of hydrogen-bond donors (Lipinski definition) is 1. The maximum absolute atomic E-state index is 6.01. The Hall–Kier alpha value is -5.34. The molecule has 0 aromatic heterocycles. The molecule has 0 saturated heterocycles. The molecule has 0 radical (unpaired) electrons. The van der Waals surface area contributed by atoms with Crippen molar-refractivity contribution < 1.29 is 0 Å². The molecule has 40 heavy (non-hydrogen) atoms. The highest BCUT2D eigenvalue weighted by molar-refractivity contribution is 6.04. The Morgan fingerprint density at radius 2 is 0.625 bits per heavy atom. The van der Waals surface area contributed by atoms with Crippen LogP contribution < -0.4 is 10.6 Å². The Morgan fingerprint density at radius 1 is 0.325 bits per heavy atom. The van der Waals surface area contributed by atoms with Gasteiger partial charge in [-0.05, 0) is 81.9 Å². The van der Waals surface area contributed by atoms with Crippen LogP contribution >= 0.6 is 0 Å². The van der Waals surface area contributed by atoms with Gasteiger partial charge in [-0.25, -0.2) is 0 Å². The smallest absolute Gasteiger partial charge is 0.0463 e. The molecule has 2 heteroatoms. The first-order valence-electron chi connectivity index (χ1n) is 13.5. The third-order valence-corrected chi connectivity index (χ3v) is 7.02. The van der Waals surface area contributed by atoms with Crippen LogP contribution in [0.1, 0.15) is 22.3 Å². The summed E-state index contributed by atoms with van der Waals surface area (Å²) in [5.41, 5.74) is 17.1. The second kappa shape index (κ2) is 11.6. The highest BCUT2D eigenvalue weighted by Gasteiger charge is 2.17. The van der Waals surface area contributed by atoms with Gasteiger partial charge in [0.15, 0.2) is 0 Å².